The summed E-state index contributed by atoms with van der Waals surface area (Å²) in [5.74, 6) is -0.519. The van der Waals surface area contributed by atoms with Crippen molar-refractivity contribution in [3.8, 4) is 0 Å². The number of nitrogens with zero attached hydrogens (tertiary/aromatic N) is 1. The van der Waals surface area contributed by atoms with Crippen molar-refractivity contribution in [1.82, 2.24) is 4.90 Å². The van der Waals surface area contributed by atoms with E-state index in [0.29, 0.717) is 11.1 Å². The number of hydrogen-bond donors (Lipinski definition) is 0. The molecule has 3 nitrogen and oxygen atoms in total. The molecule has 3 heteroatoms. The zero-order chi connectivity index (χ0) is 13.0. The maximum absolute atomic E-state index is 12.1. The predicted octanol–water partition coefficient (Wildman–Crippen LogP) is 2.83. The molecule has 0 aliphatic heterocycles. The summed E-state index contributed by atoms with van der Waals surface area (Å²) in [7, 11) is 0. The van der Waals surface area contributed by atoms with E-state index < -0.39 is 0 Å². The summed E-state index contributed by atoms with van der Waals surface area (Å²) in [5, 5.41) is 0. The summed E-state index contributed by atoms with van der Waals surface area (Å²) < 4.78 is 0. The highest BCUT2D eigenvalue weighted by atomic mass is 16.2. The van der Waals surface area contributed by atoms with Crippen molar-refractivity contribution in [2.24, 2.45) is 0 Å². The highest BCUT2D eigenvalue weighted by Gasteiger charge is 2.30. The first-order valence-corrected chi connectivity index (χ1v) is 6.14. The van der Waals surface area contributed by atoms with Crippen LogP contribution in [0.25, 0.3) is 0 Å². The summed E-state index contributed by atoms with van der Waals surface area (Å²) in [6.07, 6.45) is 5.14. The topological polar surface area (TPSA) is 37.4 Å². The molecule has 0 saturated heterocycles. The van der Waals surface area contributed by atoms with E-state index in [4.69, 9.17) is 0 Å². The number of rotatable bonds is 3. The average Bonchev–Trinajstić information content (AvgIpc) is 2.30. The molecule has 0 N–H and O–H groups in total. The van der Waals surface area contributed by atoms with Gasteiger partial charge in [-0.2, -0.15) is 0 Å². The molecule has 2 amide bonds. The second-order valence-electron chi connectivity index (χ2n) is 4.83. The standard InChI is InChI=1S/C14H21NO2/c1-10(2)13(16)15(14(17)11(3)4)12-8-6-5-7-9-12/h12H,1,3,5-9H2,2,4H3. The van der Waals surface area contributed by atoms with Gasteiger partial charge in [-0.3, -0.25) is 14.5 Å². The van der Waals surface area contributed by atoms with Gasteiger partial charge in [0.2, 0.25) is 0 Å². The van der Waals surface area contributed by atoms with Gasteiger partial charge in [0.25, 0.3) is 11.8 Å². The van der Waals surface area contributed by atoms with Crippen LogP contribution < -0.4 is 0 Å². The molecule has 1 fully saturated rings. The van der Waals surface area contributed by atoms with Crippen LogP contribution in [-0.4, -0.2) is 22.8 Å². The molecule has 94 valence electrons. The second-order valence-corrected chi connectivity index (χ2v) is 4.83. The number of carbonyl (C=O) groups is 2. The lowest BCUT2D eigenvalue weighted by Crippen LogP contribution is -2.46. The lowest BCUT2D eigenvalue weighted by atomic mass is 9.93. The van der Waals surface area contributed by atoms with E-state index >= 15 is 0 Å². The lowest BCUT2D eigenvalue weighted by molar-refractivity contribution is -0.143. The molecule has 0 aromatic carbocycles. The van der Waals surface area contributed by atoms with Crippen molar-refractivity contribution >= 4 is 11.8 Å². The van der Waals surface area contributed by atoms with E-state index in [-0.39, 0.29) is 17.9 Å². The minimum absolute atomic E-state index is 0.0251. The number of carbonyl (C=O) groups excluding carboxylic acids is 2. The van der Waals surface area contributed by atoms with Gasteiger partial charge in [-0.15, -0.1) is 0 Å². The Morgan fingerprint density at radius 2 is 1.35 bits per heavy atom. The smallest absolute Gasteiger partial charge is 0.256 e. The number of imide groups is 1. The van der Waals surface area contributed by atoms with Crippen molar-refractivity contribution < 1.29 is 9.59 Å². The van der Waals surface area contributed by atoms with Gasteiger partial charge in [-0.05, 0) is 26.7 Å². The van der Waals surface area contributed by atoms with Crippen LogP contribution in [0.15, 0.2) is 24.3 Å². The van der Waals surface area contributed by atoms with E-state index in [2.05, 4.69) is 13.2 Å². The first kappa shape index (κ1) is 13.7. The van der Waals surface area contributed by atoms with Gasteiger partial charge < -0.3 is 0 Å². The second kappa shape index (κ2) is 5.80. The highest BCUT2D eigenvalue weighted by molar-refractivity contribution is 6.09. The molecule has 0 atom stereocenters. The summed E-state index contributed by atoms with van der Waals surface area (Å²) >= 11 is 0. The van der Waals surface area contributed by atoms with Crippen molar-refractivity contribution in [1.29, 1.82) is 0 Å². The Labute approximate surface area is 103 Å². The molecule has 1 saturated carbocycles. The maximum Gasteiger partial charge on any atom is 0.256 e. The van der Waals surface area contributed by atoms with Gasteiger partial charge in [0.05, 0.1) is 0 Å². The fourth-order valence-electron chi connectivity index (χ4n) is 2.17. The highest BCUT2D eigenvalue weighted by Crippen LogP contribution is 2.24. The Morgan fingerprint density at radius 3 is 1.71 bits per heavy atom. The van der Waals surface area contributed by atoms with Crippen LogP contribution >= 0.6 is 0 Å². The molecule has 17 heavy (non-hydrogen) atoms. The fraction of sp³-hybridized carbons (Fsp3) is 0.571. The van der Waals surface area contributed by atoms with Crippen molar-refractivity contribution in [3.63, 3.8) is 0 Å². The summed E-state index contributed by atoms with van der Waals surface area (Å²) in [4.78, 5) is 25.5. The Balaban J connectivity index is 2.92. The number of hydrogen-bond acceptors (Lipinski definition) is 2. The molecule has 0 unspecified atom stereocenters. The Hall–Kier alpha value is -1.38. The molecule has 1 aliphatic carbocycles. The largest absolute Gasteiger partial charge is 0.272 e. The molecule has 0 bridgehead atoms. The summed E-state index contributed by atoms with van der Waals surface area (Å²) in [6.45, 7) is 10.6. The fourth-order valence-corrected chi connectivity index (χ4v) is 2.17. The minimum Gasteiger partial charge on any atom is -0.272 e. The number of amides is 2. The Bertz CT molecular complexity index is 325. The van der Waals surface area contributed by atoms with Crippen LogP contribution in [0.2, 0.25) is 0 Å². The molecule has 0 aromatic heterocycles. The Morgan fingerprint density at radius 1 is 0.941 bits per heavy atom. The van der Waals surface area contributed by atoms with Crippen LogP contribution in [0.1, 0.15) is 46.0 Å². The van der Waals surface area contributed by atoms with Crippen LogP contribution in [-0.2, 0) is 9.59 Å². The molecular formula is C14H21NO2. The summed E-state index contributed by atoms with van der Waals surface area (Å²) in [6, 6.07) is 0.0251. The Kier molecular flexibility index (Phi) is 4.67. The van der Waals surface area contributed by atoms with Crippen molar-refractivity contribution in [2.75, 3.05) is 0 Å². The molecular weight excluding hydrogens is 214 g/mol. The predicted molar refractivity (Wildman–Crippen MR) is 68.4 cm³/mol. The first-order chi connectivity index (χ1) is 7.95. The molecule has 0 spiro atoms. The minimum atomic E-state index is -0.259. The molecule has 0 radical (unpaired) electrons. The van der Waals surface area contributed by atoms with Crippen LogP contribution in [0, 0.1) is 0 Å². The van der Waals surface area contributed by atoms with Crippen LogP contribution in [0.3, 0.4) is 0 Å². The van der Waals surface area contributed by atoms with E-state index in [9.17, 15) is 9.59 Å². The third-order valence-corrected chi connectivity index (χ3v) is 3.11. The summed E-state index contributed by atoms with van der Waals surface area (Å²) in [5.41, 5.74) is 0.815. The first-order valence-electron chi connectivity index (χ1n) is 6.14. The van der Waals surface area contributed by atoms with Crippen LogP contribution in [0.4, 0.5) is 0 Å². The normalized spacial score (nSPS) is 16.4. The van der Waals surface area contributed by atoms with Crippen molar-refractivity contribution in [2.45, 2.75) is 52.0 Å². The van der Waals surface area contributed by atoms with E-state index in [1.807, 2.05) is 0 Å². The van der Waals surface area contributed by atoms with Crippen molar-refractivity contribution in [3.05, 3.63) is 24.3 Å². The van der Waals surface area contributed by atoms with Crippen LogP contribution in [0.5, 0.6) is 0 Å². The van der Waals surface area contributed by atoms with Gasteiger partial charge in [-0.1, -0.05) is 32.4 Å². The van der Waals surface area contributed by atoms with E-state index in [0.717, 1.165) is 25.7 Å². The van der Waals surface area contributed by atoms with E-state index in [1.165, 1.54) is 11.3 Å². The van der Waals surface area contributed by atoms with Gasteiger partial charge in [0.1, 0.15) is 0 Å². The van der Waals surface area contributed by atoms with Gasteiger partial charge in [0, 0.05) is 17.2 Å². The quantitative estimate of drug-likeness (QED) is 0.705. The molecule has 0 heterocycles. The third-order valence-electron chi connectivity index (χ3n) is 3.11. The maximum atomic E-state index is 12.1. The van der Waals surface area contributed by atoms with E-state index in [1.54, 1.807) is 13.8 Å². The average molecular weight is 235 g/mol. The van der Waals surface area contributed by atoms with Gasteiger partial charge in [-0.25, -0.2) is 0 Å². The zero-order valence-corrected chi connectivity index (χ0v) is 10.8. The monoisotopic (exact) mass is 235 g/mol. The third kappa shape index (κ3) is 3.29. The zero-order valence-electron chi connectivity index (χ0n) is 10.8. The van der Waals surface area contributed by atoms with Gasteiger partial charge in [0.15, 0.2) is 0 Å². The SMILES string of the molecule is C=C(C)C(=O)N(C(=O)C(=C)C)C1CCCCC1. The molecule has 1 aliphatic rings. The van der Waals surface area contributed by atoms with Gasteiger partial charge >= 0.3 is 0 Å². The lowest BCUT2D eigenvalue weighted by Gasteiger charge is -2.33. The molecule has 0 aromatic rings. The molecule has 1 rings (SSSR count).